The van der Waals surface area contributed by atoms with E-state index >= 15 is 0 Å². The molecule has 0 radical (unpaired) electrons. The minimum Gasteiger partial charge on any atom is -0.497 e. The molecule has 3 aromatic carbocycles. The van der Waals surface area contributed by atoms with Crippen molar-refractivity contribution in [2.24, 2.45) is 0 Å². The van der Waals surface area contributed by atoms with E-state index in [9.17, 15) is 0 Å². The highest BCUT2D eigenvalue weighted by atomic mass is 16.5. The molecule has 0 aliphatic rings. The first-order valence-electron chi connectivity index (χ1n) is 7.99. The summed E-state index contributed by atoms with van der Waals surface area (Å²) < 4.78 is 7.36. The van der Waals surface area contributed by atoms with Gasteiger partial charge in [-0.05, 0) is 35.9 Å². The normalized spacial score (nSPS) is 10.9. The van der Waals surface area contributed by atoms with Crippen LogP contribution in [-0.2, 0) is 6.54 Å². The average molecular weight is 314 g/mol. The zero-order chi connectivity index (χ0) is 16.4. The standard InChI is InChI=1S/C21H18N2O/c1-24-18-13-11-17(12-14-18)21-19-9-5-6-10-20(19)22-23(21)15-16-7-3-2-4-8-16/h2-14H,15H2,1H3. The number of fused-ring (bicyclic) bond motifs is 1. The number of aromatic nitrogens is 2. The molecule has 1 heterocycles. The van der Waals surface area contributed by atoms with Crippen LogP contribution in [0.2, 0.25) is 0 Å². The molecule has 118 valence electrons. The third kappa shape index (κ3) is 2.65. The van der Waals surface area contributed by atoms with Gasteiger partial charge >= 0.3 is 0 Å². The lowest BCUT2D eigenvalue weighted by Crippen LogP contribution is -2.03. The zero-order valence-electron chi connectivity index (χ0n) is 13.5. The molecule has 4 rings (SSSR count). The van der Waals surface area contributed by atoms with E-state index in [-0.39, 0.29) is 0 Å². The smallest absolute Gasteiger partial charge is 0.118 e. The van der Waals surface area contributed by atoms with E-state index < -0.39 is 0 Å². The van der Waals surface area contributed by atoms with Crippen molar-refractivity contribution in [2.75, 3.05) is 7.11 Å². The van der Waals surface area contributed by atoms with Crippen LogP contribution in [0.15, 0.2) is 78.9 Å². The van der Waals surface area contributed by atoms with E-state index in [4.69, 9.17) is 9.84 Å². The molecular weight excluding hydrogens is 296 g/mol. The molecular formula is C21H18N2O. The molecule has 0 saturated carbocycles. The second-order valence-electron chi connectivity index (χ2n) is 5.74. The van der Waals surface area contributed by atoms with Crippen molar-refractivity contribution in [3.63, 3.8) is 0 Å². The van der Waals surface area contributed by atoms with Crippen LogP contribution in [0.4, 0.5) is 0 Å². The molecule has 24 heavy (non-hydrogen) atoms. The summed E-state index contributed by atoms with van der Waals surface area (Å²) in [7, 11) is 1.68. The van der Waals surface area contributed by atoms with Crippen molar-refractivity contribution < 1.29 is 4.74 Å². The van der Waals surface area contributed by atoms with Crippen LogP contribution < -0.4 is 4.74 Å². The Bertz CT molecular complexity index is 956. The van der Waals surface area contributed by atoms with E-state index in [2.05, 4.69) is 59.3 Å². The Kier molecular flexibility index (Phi) is 3.75. The highest BCUT2D eigenvalue weighted by Gasteiger charge is 2.13. The third-order valence-electron chi connectivity index (χ3n) is 4.18. The molecule has 0 aliphatic carbocycles. The van der Waals surface area contributed by atoms with Gasteiger partial charge in [-0.1, -0.05) is 48.5 Å². The molecule has 0 atom stereocenters. The van der Waals surface area contributed by atoms with Crippen molar-refractivity contribution in [2.45, 2.75) is 6.54 Å². The van der Waals surface area contributed by atoms with Crippen LogP contribution in [0, 0.1) is 0 Å². The number of ether oxygens (including phenoxy) is 1. The molecule has 0 fully saturated rings. The fourth-order valence-electron chi connectivity index (χ4n) is 3.00. The molecule has 0 N–H and O–H groups in total. The number of hydrogen-bond donors (Lipinski definition) is 0. The second kappa shape index (κ2) is 6.20. The van der Waals surface area contributed by atoms with Gasteiger partial charge in [0, 0.05) is 10.9 Å². The van der Waals surface area contributed by atoms with Gasteiger partial charge in [0.05, 0.1) is 24.9 Å². The fourth-order valence-corrected chi connectivity index (χ4v) is 3.00. The summed E-state index contributed by atoms with van der Waals surface area (Å²) >= 11 is 0. The maximum atomic E-state index is 5.28. The summed E-state index contributed by atoms with van der Waals surface area (Å²) in [5.41, 5.74) is 4.52. The van der Waals surface area contributed by atoms with Gasteiger partial charge in [-0.2, -0.15) is 5.10 Å². The van der Waals surface area contributed by atoms with E-state index in [1.54, 1.807) is 7.11 Å². The number of methoxy groups -OCH3 is 1. The predicted octanol–water partition coefficient (Wildman–Crippen LogP) is 4.76. The average Bonchev–Trinajstić information content (AvgIpc) is 3.00. The highest BCUT2D eigenvalue weighted by molar-refractivity contribution is 5.93. The van der Waals surface area contributed by atoms with Crippen LogP contribution in [0.5, 0.6) is 5.75 Å². The fraction of sp³-hybridized carbons (Fsp3) is 0.0952. The number of benzene rings is 3. The summed E-state index contributed by atoms with van der Waals surface area (Å²) in [5, 5.41) is 5.98. The summed E-state index contributed by atoms with van der Waals surface area (Å²) in [6.07, 6.45) is 0. The molecule has 4 aromatic rings. The lowest BCUT2D eigenvalue weighted by atomic mass is 10.1. The van der Waals surface area contributed by atoms with Crippen molar-refractivity contribution >= 4 is 10.9 Å². The zero-order valence-corrected chi connectivity index (χ0v) is 13.5. The Morgan fingerprint density at radius 3 is 2.29 bits per heavy atom. The monoisotopic (exact) mass is 314 g/mol. The molecule has 1 aromatic heterocycles. The SMILES string of the molecule is COc1ccc(-c2c3ccccc3nn2Cc2ccccc2)cc1. The molecule has 0 amide bonds. The Morgan fingerprint density at radius 1 is 0.833 bits per heavy atom. The van der Waals surface area contributed by atoms with E-state index in [1.807, 2.05) is 24.3 Å². The minimum absolute atomic E-state index is 0.747. The van der Waals surface area contributed by atoms with Gasteiger partial charge in [0.15, 0.2) is 0 Å². The minimum atomic E-state index is 0.747. The van der Waals surface area contributed by atoms with Crippen LogP contribution in [0.25, 0.3) is 22.2 Å². The Labute approximate surface area is 141 Å². The summed E-state index contributed by atoms with van der Waals surface area (Å²) in [6, 6.07) is 26.8. The number of hydrogen-bond acceptors (Lipinski definition) is 2. The predicted molar refractivity (Wildman–Crippen MR) is 97.3 cm³/mol. The third-order valence-corrected chi connectivity index (χ3v) is 4.18. The lowest BCUT2D eigenvalue weighted by molar-refractivity contribution is 0.415. The first-order valence-corrected chi connectivity index (χ1v) is 7.99. The molecule has 0 bridgehead atoms. The van der Waals surface area contributed by atoms with Gasteiger partial charge in [0.1, 0.15) is 5.75 Å². The van der Waals surface area contributed by atoms with Crippen LogP contribution in [-0.4, -0.2) is 16.9 Å². The van der Waals surface area contributed by atoms with Crippen molar-refractivity contribution in [1.29, 1.82) is 0 Å². The van der Waals surface area contributed by atoms with Gasteiger partial charge < -0.3 is 4.74 Å². The molecule has 0 unspecified atom stereocenters. The molecule has 0 saturated heterocycles. The maximum Gasteiger partial charge on any atom is 0.118 e. The second-order valence-corrected chi connectivity index (χ2v) is 5.74. The largest absolute Gasteiger partial charge is 0.497 e. The van der Waals surface area contributed by atoms with Crippen LogP contribution in [0.3, 0.4) is 0 Å². The first kappa shape index (κ1) is 14.5. The number of rotatable bonds is 4. The molecule has 0 spiro atoms. The molecule has 3 nitrogen and oxygen atoms in total. The van der Waals surface area contributed by atoms with Gasteiger partial charge in [-0.3, -0.25) is 4.68 Å². The van der Waals surface area contributed by atoms with E-state index in [1.165, 1.54) is 10.9 Å². The van der Waals surface area contributed by atoms with Gasteiger partial charge in [-0.15, -0.1) is 0 Å². The van der Waals surface area contributed by atoms with E-state index in [0.717, 1.165) is 29.1 Å². The van der Waals surface area contributed by atoms with Crippen molar-refractivity contribution in [3.8, 4) is 17.0 Å². The quantitative estimate of drug-likeness (QED) is 0.543. The van der Waals surface area contributed by atoms with Crippen LogP contribution in [0.1, 0.15) is 5.56 Å². The number of nitrogens with zero attached hydrogens (tertiary/aromatic N) is 2. The summed E-state index contributed by atoms with van der Waals surface area (Å²) in [4.78, 5) is 0. The Balaban J connectivity index is 1.86. The molecule has 0 aliphatic heterocycles. The lowest BCUT2D eigenvalue weighted by Gasteiger charge is -2.09. The van der Waals surface area contributed by atoms with Crippen LogP contribution >= 0.6 is 0 Å². The van der Waals surface area contributed by atoms with E-state index in [0.29, 0.717) is 0 Å². The van der Waals surface area contributed by atoms with Gasteiger partial charge in [-0.25, -0.2) is 0 Å². The van der Waals surface area contributed by atoms with Gasteiger partial charge in [0.2, 0.25) is 0 Å². The Hall–Kier alpha value is -3.07. The van der Waals surface area contributed by atoms with Crippen molar-refractivity contribution in [3.05, 3.63) is 84.4 Å². The maximum absolute atomic E-state index is 5.28. The first-order chi connectivity index (χ1) is 11.8. The summed E-state index contributed by atoms with van der Waals surface area (Å²) in [5.74, 6) is 0.859. The highest BCUT2D eigenvalue weighted by Crippen LogP contribution is 2.30. The van der Waals surface area contributed by atoms with Gasteiger partial charge in [0.25, 0.3) is 0 Å². The van der Waals surface area contributed by atoms with Crippen molar-refractivity contribution in [1.82, 2.24) is 9.78 Å². The topological polar surface area (TPSA) is 27.1 Å². The summed E-state index contributed by atoms with van der Waals surface area (Å²) in [6.45, 7) is 0.747. The Morgan fingerprint density at radius 2 is 1.54 bits per heavy atom. The molecule has 3 heteroatoms.